The Bertz CT molecular complexity index is 3190. The molecule has 4 heterocycles. The Morgan fingerprint density at radius 3 is 2.22 bits per heavy atom. The molecule has 7 atom stereocenters. The van der Waals surface area contributed by atoms with E-state index in [2.05, 4.69) is 52.2 Å². The Morgan fingerprint density at radius 1 is 0.747 bits per heavy atom. The Labute approximate surface area is 456 Å². The standard InChI is InChI=1S/C58H68N12O9/c1-3-4-18-45(64-34(2)71)53(74)67-48-29-51(72)61-23-12-11-20-44(52(59)73)65-54(75)46(26-40-30-62-43-19-10-9-17-42(40)43)68-57(78)50-27-38-15-7-8-16-39(38)32-70(50)58(79)49(25-35-21-22-36-13-5-6-14-37(36)24-35)69-55(76)47(66-56(48)77)28-41-31-60-33-63-41/h5-10,13-17,19,21-22,24,30-31,33,44-50,62H,3-4,11-12,18,20,23,25-29,32H2,1-2H3,(H2,59,73)(H,60,63)(H,61,72)(H,64,71)(H,65,75)(H,66,77)(H,67,74)(H,68,78)(H,69,76)/t44-,45-,46-,47-,48-,49+,50+/m0/s1. The van der Waals surface area contributed by atoms with Gasteiger partial charge in [-0.15, -0.1) is 0 Å². The van der Waals surface area contributed by atoms with Crippen LogP contribution in [0.4, 0.5) is 0 Å². The molecule has 4 aromatic carbocycles. The van der Waals surface area contributed by atoms with Crippen molar-refractivity contribution >= 4 is 74.8 Å². The van der Waals surface area contributed by atoms with E-state index in [1.54, 1.807) is 6.20 Å². The third-order valence-electron chi connectivity index (χ3n) is 14.5. The average Bonchev–Trinajstić information content (AvgIpc) is 4.22. The molecule has 0 spiro atoms. The molecule has 2 aliphatic rings. The highest BCUT2D eigenvalue weighted by molar-refractivity contribution is 5.99. The van der Waals surface area contributed by atoms with E-state index in [0.29, 0.717) is 36.1 Å². The molecular weight excluding hydrogens is 1010 g/mol. The van der Waals surface area contributed by atoms with Gasteiger partial charge in [-0.2, -0.15) is 0 Å². The van der Waals surface area contributed by atoms with E-state index in [1.165, 1.54) is 24.3 Å². The summed E-state index contributed by atoms with van der Waals surface area (Å²) in [7, 11) is 0. The van der Waals surface area contributed by atoms with Crippen LogP contribution in [0.15, 0.2) is 110 Å². The van der Waals surface area contributed by atoms with Gasteiger partial charge < -0.3 is 57.8 Å². The van der Waals surface area contributed by atoms with E-state index >= 15 is 14.4 Å². The third kappa shape index (κ3) is 14.8. The second-order valence-electron chi connectivity index (χ2n) is 20.3. The molecule has 0 unspecified atom stereocenters. The summed E-state index contributed by atoms with van der Waals surface area (Å²) in [6, 6.07) is 19.0. The Balaban J connectivity index is 1.19. The van der Waals surface area contributed by atoms with E-state index in [1.807, 2.05) is 97.9 Å². The first-order valence-corrected chi connectivity index (χ1v) is 26.9. The van der Waals surface area contributed by atoms with Gasteiger partial charge in [0.15, 0.2) is 0 Å². The number of nitrogens with zero attached hydrogens (tertiary/aromatic N) is 2. The molecule has 0 aliphatic carbocycles. The summed E-state index contributed by atoms with van der Waals surface area (Å²) in [5.74, 6) is -6.43. The first kappa shape index (κ1) is 56.3. The Hall–Kier alpha value is -8.88. The minimum Gasteiger partial charge on any atom is -0.368 e. The smallest absolute Gasteiger partial charge is 0.246 e. The van der Waals surface area contributed by atoms with Gasteiger partial charge in [0, 0.05) is 74.7 Å². The maximum absolute atomic E-state index is 15.7. The van der Waals surface area contributed by atoms with Crippen LogP contribution in [0.1, 0.15) is 86.7 Å². The molecule has 2 aromatic heterocycles. The van der Waals surface area contributed by atoms with Crippen molar-refractivity contribution in [2.24, 2.45) is 5.73 Å². The maximum Gasteiger partial charge on any atom is 0.246 e. The molecule has 8 rings (SSSR count). The van der Waals surface area contributed by atoms with Gasteiger partial charge in [-0.25, -0.2) is 4.98 Å². The zero-order chi connectivity index (χ0) is 56.0. The Kier molecular flexibility index (Phi) is 18.9. The summed E-state index contributed by atoms with van der Waals surface area (Å²) in [5, 5.41) is 22.0. The fourth-order valence-electron chi connectivity index (χ4n) is 10.3. The molecule has 414 valence electrons. The molecule has 21 heteroatoms. The van der Waals surface area contributed by atoms with Crippen molar-refractivity contribution < 1.29 is 43.2 Å². The highest BCUT2D eigenvalue weighted by atomic mass is 16.2. The van der Waals surface area contributed by atoms with Crippen LogP contribution in [-0.4, -0.2) is 122 Å². The molecule has 11 N–H and O–H groups in total. The number of nitrogens with two attached hydrogens (primary N) is 1. The number of hydrogen-bond acceptors (Lipinski definition) is 10. The molecule has 21 nitrogen and oxygen atoms in total. The van der Waals surface area contributed by atoms with Crippen molar-refractivity contribution in [3.05, 3.63) is 138 Å². The molecule has 6 aromatic rings. The number of carbonyl (C=O) groups excluding carboxylic acids is 9. The van der Waals surface area contributed by atoms with Gasteiger partial charge in [0.2, 0.25) is 53.2 Å². The summed E-state index contributed by atoms with van der Waals surface area (Å²) in [5.41, 5.74) is 10.00. The summed E-state index contributed by atoms with van der Waals surface area (Å²) in [6.45, 7) is 3.17. The van der Waals surface area contributed by atoms with Crippen LogP contribution in [0.25, 0.3) is 21.7 Å². The second-order valence-corrected chi connectivity index (χ2v) is 20.3. The number of hydrogen-bond donors (Lipinski definition) is 10. The molecule has 0 saturated carbocycles. The average molecular weight is 1080 g/mol. The molecular formula is C58H68N12O9. The normalized spacial score (nSPS) is 21.5. The summed E-state index contributed by atoms with van der Waals surface area (Å²) >= 11 is 0. The van der Waals surface area contributed by atoms with Gasteiger partial charge in [-0.1, -0.05) is 105 Å². The molecule has 1 saturated heterocycles. The van der Waals surface area contributed by atoms with Crippen molar-refractivity contribution in [1.29, 1.82) is 0 Å². The molecule has 0 bridgehead atoms. The number of para-hydroxylation sites is 1. The number of rotatable bonds is 13. The molecule has 79 heavy (non-hydrogen) atoms. The molecule has 9 amide bonds. The Morgan fingerprint density at radius 2 is 1.46 bits per heavy atom. The minimum absolute atomic E-state index is 0.0193. The predicted molar refractivity (Wildman–Crippen MR) is 294 cm³/mol. The van der Waals surface area contributed by atoms with E-state index in [4.69, 9.17) is 5.73 Å². The van der Waals surface area contributed by atoms with E-state index in [0.717, 1.165) is 32.8 Å². The lowest BCUT2D eigenvalue weighted by Gasteiger charge is -2.39. The number of benzene rings is 4. The van der Waals surface area contributed by atoms with Gasteiger partial charge >= 0.3 is 0 Å². The van der Waals surface area contributed by atoms with Crippen LogP contribution >= 0.6 is 0 Å². The first-order valence-electron chi connectivity index (χ1n) is 26.9. The lowest BCUT2D eigenvalue weighted by atomic mass is 9.91. The van der Waals surface area contributed by atoms with Crippen molar-refractivity contribution in [2.75, 3.05) is 6.54 Å². The van der Waals surface area contributed by atoms with E-state index in [9.17, 15) is 28.8 Å². The van der Waals surface area contributed by atoms with Crippen LogP contribution in [0.5, 0.6) is 0 Å². The largest absolute Gasteiger partial charge is 0.368 e. The quantitative estimate of drug-likeness (QED) is 0.0805. The van der Waals surface area contributed by atoms with Crippen LogP contribution in [0, 0.1) is 0 Å². The minimum atomic E-state index is -1.57. The summed E-state index contributed by atoms with van der Waals surface area (Å²) < 4.78 is 0. The number of H-pyrrole nitrogens is 2. The molecule has 0 radical (unpaired) electrons. The fraction of sp³-hybridized carbons (Fsp3) is 0.379. The number of unbranched alkanes of at least 4 members (excludes halogenated alkanes) is 1. The first-order chi connectivity index (χ1) is 38.1. The zero-order valence-corrected chi connectivity index (χ0v) is 44.3. The van der Waals surface area contributed by atoms with Crippen molar-refractivity contribution in [1.82, 2.24) is 57.1 Å². The number of amides is 9. The van der Waals surface area contributed by atoms with Crippen molar-refractivity contribution in [3.8, 4) is 0 Å². The van der Waals surface area contributed by atoms with E-state index < -0.39 is 102 Å². The van der Waals surface area contributed by atoms with Gasteiger partial charge in [-0.05, 0) is 64.8 Å². The highest BCUT2D eigenvalue weighted by Gasteiger charge is 2.41. The van der Waals surface area contributed by atoms with Crippen LogP contribution in [-0.2, 0) is 75.4 Å². The number of carbonyl (C=O) groups is 9. The SMILES string of the molecule is CCCC[C@H](NC(C)=O)C(=O)N[C@H]1CC(=O)NCCCC[C@@H](C(N)=O)NC(=O)[C@H](Cc2c[nH]c3ccccc23)NC(=O)[C@H]2Cc3ccccc3CN2C(=O)[C@@H](Cc2ccc3ccccc3c2)NC(=O)[C@H](Cc2cnc[nH]2)NC1=O. The monoisotopic (exact) mass is 1080 g/mol. The lowest BCUT2D eigenvalue weighted by molar-refractivity contribution is -0.145. The number of aromatic amines is 2. The summed E-state index contributed by atoms with van der Waals surface area (Å²) in [6.07, 6.45) is 5.92. The fourth-order valence-corrected chi connectivity index (χ4v) is 10.3. The van der Waals surface area contributed by atoms with Crippen molar-refractivity contribution in [2.45, 2.75) is 133 Å². The summed E-state index contributed by atoms with van der Waals surface area (Å²) in [4.78, 5) is 140. The van der Waals surface area contributed by atoms with Gasteiger partial charge in [0.05, 0.1) is 12.7 Å². The number of aromatic nitrogens is 3. The second kappa shape index (κ2) is 26.4. The molecule has 2 aliphatic heterocycles. The van der Waals surface area contributed by atoms with Crippen LogP contribution in [0.2, 0.25) is 0 Å². The van der Waals surface area contributed by atoms with E-state index in [-0.39, 0.29) is 58.0 Å². The zero-order valence-electron chi connectivity index (χ0n) is 44.3. The van der Waals surface area contributed by atoms with Crippen LogP contribution < -0.4 is 43.0 Å². The lowest BCUT2D eigenvalue weighted by Crippen LogP contribution is -2.62. The highest BCUT2D eigenvalue weighted by Crippen LogP contribution is 2.27. The number of primary amides is 1. The predicted octanol–water partition coefficient (Wildman–Crippen LogP) is 2.32. The van der Waals surface area contributed by atoms with Gasteiger partial charge in [0.25, 0.3) is 0 Å². The maximum atomic E-state index is 15.7. The van der Waals surface area contributed by atoms with Crippen molar-refractivity contribution in [3.63, 3.8) is 0 Å². The third-order valence-corrected chi connectivity index (χ3v) is 14.5. The topological polar surface area (TPSA) is 312 Å². The van der Waals surface area contributed by atoms with Crippen LogP contribution in [0.3, 0.4) is 0 Å². The molecule has 1 fully saturated rings. The number of nitrogens with one attached hydrogen (secondary N) is 9. The van der Waals surface area contributed by atoms with Gasteiger partial charge in [-0.3, -0.25) is 43.2 Å². The van der Waals surface area contributed by atoms with Gasteiger partial charge in [0.1, 0.15) is 42.3 Å². The number of imidazole rings is 1. The number of fused-ring (bicyclic) bond motifs is 4.